The second-order valence-corrected chi connectivity index (χ2v) is 2.32. The predicted molar refractivity (Wildman–Crippen MR) is 54.2 cm³/mol. The Hall–Kier alpha value is -1.14. The van der Waals surface area contributed by atoms with E-state index in [4.69, 9.17) is 10.0 Å². The molecule has 0 spiro atoms. The van der Waals surface area contributed by atoms with Gasteiger partial charge in [0.2, 0.25) is 0 Å². The van der Waals surface area contributed by atoms with Crippen LogP contribution in [0.15, 0.2) is 24.3 Å². The van der Waals surface area contributed by atoms with Crippen LogP contribution in [-0.4, -0.2) is 23.8 Å². The average molecular weight is 218 g/mol. The minimum Gasteiger partial charge on any atom is -0.435 e. The lowest BCUT2D eigenvalue weighted by Gasteiger charge is -2.04. The maximum Gasteiger partial charge on any atom is 0.488 e. The van der Waals surface area contributed by atoms with E-state index in [0.29, 0.717) is 0 Å². The number of halogens is 2. The zero-order valence-corrected chi connectivity index (χ0v) is 8.52. The van der Waals surface area contributed by atoms with Crippen molar-refractivity contribution in [3.63, 3.8) is 0 Å². The Morgan fingerprint density at radius 3 is 1.93 bits per heavy atom. The Bertz CT molecular complexity index is 265. The van der Waals surface area contributed by atoms with E-state index in [1.54, 1.807) is 0 Å². The summed E-state index contributed by atoms with van der Waals surface area (Å²) in [4.78, 5) is 0. The van der Waals surface area contributed by atoms with Crippen molar-refractivity contribution in [3.8, 4) is 5.75 Å². The molecular formula is C9H13BF2O3. The summed E-state index contributed by atoms with van der Waals surface area (Å²) in [6.07, 6.45) is 0. The summed E-state index contributed by atoms with van der Waals surface area (Å²) >= 11 is 0. The number of alkyl halides is 2. The van der Waals surface area contributed by atoms with Gasteiger partial charge in [0.25, 0.3) is 0 Å². The van der Waals surface area contributed by atoms with Crippen LogP contribution >= 0.6 is 0 Å². The van der Waals surface area contributed by atoms with Gasteiger partial charge in [-0.15, -0.1) is 0 Å². The van der Waals surface area contributed by atoms with Gasteiger partial charge in [-0.1, -0.05) is 26.0 Å². The Morgan fingerprint density at radius 1 is 1.13 bits per heavy atom. The predicted octanol–water partition coefficient (Wildman–Crippen LogP) is 0.994. The molecule has 0 aromatic heterocycles. The van der Waals surface area contributed by atoms with E-state index in [1.165, 1.54) is 24.3 Å². The van der Waals surface area contributed by atoms with E-state index in [2.05, 4.69) is 4.74 Å². The molecule has 6 heteroatoms. The van der Waals surface area contributed by atoms with Crippen LogP contribution in [-0.2, 0) is 0 Å². The zero-order valence-electron chi connectivity index (χ0n) is 8.52. The molecule has 84 valence electrons. The molecule has 0 aliphatic carbocycles. The quantitative estimate of drug-likeness (QED) is 0.744. The molecule has 0 atom stereocenters. The van der Waals surface area contributed by atoms with Gasteiger partial charge in [-0.05, 0) is 17.6 Å². The van der Waals surface area contributed by atoms with Crippen molar-refractivity contribution in [1.82, 2.24) is 0 Å². The van der Waals surface area contributed by atoms with Crippen molar-refractivity contribution in [2.75, 3.05) is 0 Å². The molecule has 1 rings (SSSR count). The molecule has 0 heterocycles. The SMILES string of the molecule is CC.OB(O)c1ccc(OC(F)F)cc1. The minimum absolute atomic E-state index is 0.0144. The number of benzene rings is 1. The standard InChI is InChI=1S/C7H7BF2O3.C2H6/c9-7(10)13-6-3-1-5(2-4-6)8(11)12;1-2/h1-4,7,11-12H;1-2H3. The van der Waals surface area contributed by atoms with Gasteiger partial charge < -0.3 is 14.8 Å². The molecule has 2 N–H and O–H groups in total. The van der Waals surface area contributed by atoms with Crippen molar-refractivity contribution in [3.05, 3.63) is 24.3 Å². The summed E-state index contributed by atoms with van der Waals surface area (Å²) in [6.45, 7) is 1.13. The van der Waals surface area contributed by atoms with Crippen molar-refractivity contribution >= 4 is 12.6 Å². The smallest absolute Gasteiger partial charge is 0.435 e. The molecule has 0 saturated heterocycles. The lowest BCUT2D eigenvalue weighted by Crippen LogP contribution is -2.29. The Labute approximate surface area is 87.5 Å². The molecule has 3 nitrogen and oxygen atoms in total. The third-order valence-electron chi connectivity index (χ3n) is 1.40. The van der Waals surface area contributed by atoms with Crippen LogP contribution in [0.25, 0.3) is 0 Å². The Kier molecular flexibility index (Phi) is 6.65. The van der Waals surface area contributed by atoms with Crippen LogP contribution in [0.5, 0.6) is 5.75 Å². The molecule has 15 heavy (non-hydrogen) atoms. The van der Waals surface area contributed by atoms with E-state index in [1.807, 2.05) is 13.8 Å². The summed E-state index contributed by atoms with van der Waals surface area (Å²) in [5.41, 5.74) is 0.224. The van der Waals surface area contributed by atoms with Crippen LogP contribution in [0.2, 0.25) is 0 Å². The highest BCUT2D eigenvalue weighted by Crippen LogP contribution is 2.11. The Morgan fingerprint density at radius 2 is 1.60 bits per heavy atom. The fourth-order valence-corrected chi connectivity index (χ4v) is 0.821. The summed E-state index contributed by atoms with van der Waals surface area (Å²) in [7, 11) is -1.60. The molecule has 0 unspecified atom stereocenters. The largest absolute Gasteiger partial charge is 0.488 e. The monoisotopic (exact) mass is 218 g/mol. The van der Waals surface area contributed by atoms with E-state index in [9.17, 15) is 8.78 Å². The highest BCUT2D eigenvalue weighted by atomic mass is 19.3. The lowest BCUT2D eigenvalue weighted by atomic mass is 9.80. The van der Waals surface area contributed by atoms with E-state index >= 15 is 0 Å². The number of hydrogen-bond acceptors (Lipinski definition) is 3. The molecule has 1 aromatic carbocycles. The Balaban J connectivity index is 0.000000921. The number of ether oxygens (including phenoxy) is 1. The summed E-state index contributed by atoms with van der Waals surface area (Å²) in [6, 6.07) is 5.06. The number of hydrogen-bond donors (Lipinski definition) is 2. The van der Waals surface area contributed by atoms with Crippen molar-refractivity contribution in [1.29, 1.82) is 0 Å². The average Bonchev–Trinajstić information content (AvgIpc) is 2.20. The van der Waals surface area contributed by atoms with Crippen molar-refractivity contribution < 1.29 is 23.6 Å². The van der Waals surface area contributed by atoms with E-state index in [0.717, 1.165) is 0 Å². The first kappa shape index (κ1) is 13.9. The second-order valence-electron chi connectivity index (χ2n) is 2.32. The summed E-state index contributed by atoms with van der Waals surface area (Å²) < 4.78 is 27.4. The van der Waals surface area contributed by atoms with Crippen LogP contribution in [0.1, 0.15) is 13.8 Å². The van der Waals surface area contributed by atoms with Crippen molar-refractivity contribution in [2.24, 2.45) is 0 Å². The van der Waals surface area contributed by atoms with E-state index in [-0.39, 0.29) is 11.2 Å². The maximum atomic E-state index is 11.7. The van der Waals surface area contributed by atoms with Crippen LogP contribution in [0.4, 0.5) is 8.78 Å². The molecular weight excluding hydrogens is 205 g/mol. The van der Waals surface area contributed by atoms with Gasteiger partial charge >= 0.3 is 13.7 Å². The first-order valence-electron chi connectivity index (χ1n) is 4.50. The molecule has 0 aliphatic heterocycles. The fraction of sp³-hybridized carbons (Fsp3) is 0.333. The van der Waals surface area contributed by atoms with Gasteiger partial charge in [0, 0.05) is 0 Å². The molecule has 0 amide bonds. The molecule has 0 aliphatic rings. The maximum absolute atomic E-state index is 11.7. The molecule has 1 aromatic rings. The highest BCUT2D eigenvalue weighted by molar-refractivity contribution is 6.58. The first-order valence-corrected chi connectivity index (χ1v) is 4.50. The molecule has 0 bridgehead atoms. The zero-order chi connectivity index (χ0) is 11.8. The lowest BCUT2D eigenvalue weighted by molar-refractivity contribution is -0.0498. The first-order chi connectivity index (χ1) is 7.09. The molecule has 0 radical (unpaired) electrons. The third kappa shape index (κ3) is 5.34. The van der Waals surface area contributed by atoms with Gasteiger partial charge in [0.15, 0.2) is 0 Å². The third-order valence-corrected chi connectivity index (χ3v) is 1.40. The fourth-order valence-electron chi connectivity index (χ4n) is 0.821. The normalized spacial score (nSPS) is 9.27. The molecule has 0 fully saturated rings. The van der Waals surface area contributed by atoms with Crippen LogP contribution in [0, 0.1) is 0 Å². The van der Waals surface area contributed by atoms with Gasteiger partial charge in [-0.25, -0.2) is 0 Å². The summed E-state index contributed by atoms with van der Waals surface area (Å²) in [5, 5.41) is 17.3. The van der Waals surface area contributed by atoms with Gasteiger partial charge in [-0.2, -0.15) is 8.78 Å². The van der Waals surface area contributed by atoms with Gasteiger partial charge in [0.05, 0.1) is 0 Å². The summed E-state index contributed by atoms with van der Waals surface area (Å²) in [5.74, 6) is -0.0144. The second kappa shape index (κ2) is 7.20. The number of rotatable bonds is 3. The minimum atomic E-state index is -2.87. The van der Waals surface area contributed by atoms with Crippen LogP contribution in [0.3, 0.4) is 0 Å². The highest BCUT2D eigenvalue weighted by Gasteiger charge is 2.10. The topological polar surface area (TPSA) is 49.7 Å². The van der Waals surface area contributed by atoms with Gasteiger partial charge in [-0.3, -0.25) is 0 Å². The molecule has 0 saturated carbocycles. The van der Waals surface area contributed by atoms with Crippen molar-refractivity contribution in [2.45, 2.75) is 20.5 Å². The van der Waals surface area contributed by atoms with Crippen LogP contribution < -0.4 is 10.2 Å². The van der Waals surface area contributed by atoms with E-state index < -0.39 is 13.7 Å². The van der Waals surface area contributed by atoms with Gasteiger partial charge in [0.1, 0.15) is 5.75 Å².